The fourth-order valence-electron chi connectivity index (χ4n) is 3.36. The van der Waals surface area contributed by atoms with Crippen molar-refractivity contribution in [3.63, 3.8) is 0 Å². The zero-order valence-electron chi connectivity index (χ0n) is 11.4. The first kappa shape index (κ1) is 15.3. The molecule has 1 amide bonds. The maximum absolute atomic E-state index is 13.3. The average molecular weight is 299 g/mol. The highest BCUT2D eigenvalue weighted by atomic mass is 35.5. The predicted octanol–water partition coefficient (Wildman–Crippen LogP) is 2.49. The maximum atomic E-state index is 13.3. The first-order valence-electron chi connectivity index (χ1n) is 6.95. The fourth-order valence-corrected chi connectivity index (χ4v) is 3.36. The SMILES string of the molecule is Cl.O=C1CCC2(CCNCC2)N1Cc1cccc(F)c1. The second-order valence-electron chi connectivity index (χ2n) is 5.58. The molecule has 110 valence electrons. The molecule has 0 radical (unpaired) electrons. The van der Waals surface area contributed by atoms with Gasteiger partial charge in [0.1, 0.15) is 5.82 Å². The normalized spacial score (nSPS) is 21.1. The van der Waals surface area contributed by atoms with Crippen LogP contribution in [0.2, 0.25) is 0 Å². The third-order valence-corrected chi connectivity index (χ3v) is 4.44. The summed E-state index contributed by atoms with van der Waals surface area (Å²) < 4.78 is 13.3. The van der Waals surface area contributed by atoms with E-state index in [0.29, 0.717) is 13.0 Å². The van der Waals surface area contributed by atoms with Crippen LogP contribution in [-0.2, 0) is 11.3 Å². The molecule has 2 aliphatic rings. The van der Waals surface area contributed by atoms with Crippen LogP contribution in [0.25, 0.3) is 0 Å². The minimum Gasteiger partial charge on any atom is -0.333 e. The molecular formula is C15H20ClFN2O. The molecule has 0 bridgehead atoms. The Balaban J connectivity index is 0.00000147. The summed E-state index contributed by atoms with van der Waals surface area (Å²) in [5.74, 6) is -0.0188. The highest BCUT2D eigenvalue weighted by molar-refractivity contribution is 5.85. The zero-order valence-corrected chi connectivity index (χ0v) is 12.2. The maximum Gasteiger partial charge on any atom is 0.223 e. The highest BCUT2D eigenvalue weighted by Gasteiger charge is 2.45. The van der Waals surface area contributed by atoms with Crippen LogP contribution in [0, 0.1) is 5.82 Å². The monoisotopic (exact) mass is 298 g/mol. The van der Waals surface area contributed by atoms with Crippen molar-refractivity contribution in [2.24, 2.45) is 0 Å². The number of nitrogens with one attached hydrogen (secondary N) is 1. The van der Waals surface area contributed by atoms with Gasteiger partial charge < -0.3 is 10.2 Å². The number of piperidine rings is 1. The molecule has 1 spiro atoms. The van der Waals surface area contributed by atoms with Crippen LogP contribution in [0.15, 0.2) is 24.3 Å². The van der Waals surface area contributed by atoms with Crippen LogP contribution in [0.5, 0.6) is 0 Å². The van der Waals surface area contributed by atoms with Gasteiger partial charge in [-0.05, 0) is 50.0 Å². The van der Waals surface area contributed by atoms with Crippen molar-refractivity contribution in [1.29, 1.82) is 0 Å². The molecule has 0 saturated carbocycles. The number of likely N-dealkylation sites (tertiary alicyclic amines) is 1. The smallest absolute Gasteiger partial charge is 0.223 e. The lowest BCUT2D eigenvalue weighted by atomic mass is 9.85. The van der Waals surface area contributed by atoms with Gasteiger partial charge >= 0.3 is 0 Å². The Hall–Kier alpha value is -1.13. The topological polar surface area (TPSA) is 32.3 Å². The van der Waals surface area contributed by atoms with Crippen molar-refractivity contribution in [2.45, 2.75) is 37.8 Å². The van der Waals surface area contributed by atoms with E-state index in [0.717, 1.165) is 37.9 Å². The molecule has 2 saturated heterocycles. The van der Waals surface area contributed by atoms with Gasteiger partial charge in [-0.25, -0.2) is 4.39 Å². The van der Waals surface area contributed by atoms with Crippen molar-refractivity contribution < 1.29 is 9.18 Å². The van der Waals surface area contributed by atoms with Crippen molar-refractivity contribution in [2.75, 3.05) is 13.1 Å². The average Bonchev–Trinajstić information content (AvgIpc) is 2.69. The quantitative estimate of drug-likeness (QED) is 0.910. The van der Waals surface area contributed by atoms with Crippen LogP contribution in [0.3, 0.4) is 0 Å². The number of halogens is 2. The lowest BCUT2D eigenvalue weighted by molar-refractivity contribution is -0.132. The van der Waals surface area contributed by atoms with Crippen molar-refractivity contribution in [1.82, 2.24) is 10.2 Å². The summed E-state index contributed by atoms with van der Waals surface area (Å²) >= 11 is 0. The lowest BCUT2D eigenvalue weighted by Crippen LogP contribution is -2.51. The Morgan fingerprint density at radius 2 is 2.00 bits per heavy atom. The van der Waals surface area contributed by atoms with Gasteiger partial charge in [-0.3, -0.25) is 4.79 Å². The number of rotatable bonds is 2. The van der Waals surface area contributed by atoms with Gasteiger partial charge in [-0.15, -0.1) is 12.4 Å². The van der Waals surface area contributed by atoms with E-state index in [2.05, 4.69) is 5.32 Å². The molecule has 1 aromatic rings. The first-order chi connectivity index (χ1) is 9.20. The zero-order chi connectivity index (χ0) is 13.3. The van der Waals surface area contributed by atoms with E-state index < -0.39 is 0 Å². The fraction of sp³-hybridized carbons (Fsp3) is 0.533. The van der Waals surface area contributed by atoms with Gasteiger partial charge in [0.05, 0.1) is 0 Å². The van der Waals surface area contributed by atoms with E-state index in [4.69, 9.17) is 0 Å². The first-order valence-corrected chi connectivity index (χ1v) is 6.95. The molecule has 2 aliphatic heterocycles. The lowest BCUT2D eigenvalue weighted by Gasteiger charge is -2.42. The van der Waals surface area contributed by atoms with Crippen molar-refractivity contribution in [3.05, 3.63) is 35.6 Å². The number of carbonyl (C=O) groups excluding carboxylic acids is 1. The van der Waals surface area contributed by atoms with Gasteiger partial charge in [0.15, 0.2) is 0 Å². The number of hydrogen-bond acceptors (Lipinski definition) is 2. The van der Waals surface area contributed by atoms with E-state index in [1.165, 1.54) is 12.1 Å². The summed E-state index contributed by atoms with van der Waals surface area (Å²) in [7, 11) is 0. The molecule has 3 nitrogen and oxygen atoms in total. The number of hydrogen-bond donors (Lipinski definition) is 1. The molecule has 0 unspecified atom stereocenters. The molecular weight excluding hydrogens is 279 g/mol. The molecule has 0 aliphatic carbocycles. The van der Waals surface area contributed by atoms with Crippen molar-refractivity contribution in [3.8, 4) is 0 Å². The highest BCUT2D eigenvalue weighted by Crippen LogP contribution is 2.38. The molecule has 20 heavy (non-hydrogen) atoms. The molecule has 0 atom stereocenters. The van der Waals surface area contributed by atoms with E-state index in [1.807, 2.05) is 11.0 Å². The summed E-state index contributed by atoms with van der Waals surface area (Å²) in [5.41, 5.74) is 0.891. The molecule has 1 aromatic carbocycles. The van der Waals surface area contributed by atoms with Crippen LogP contribution in [0.1, 0.15) is 31.2 Å². The summed E-state index contributed by atoms with van der Waals surface area (Å²) in [6.45, 7) is 2.47. The largest absolute Gasteiger partial charge is 0.333 e. The summed E-state index contributed by atoms with van der Waals surface area (Å²) in [4.78, 5) is 14.1. The molecule has 0 aromatic heterocycles. The number of nitrogens with zero attached hydrogens (tertiary/aromatic N) is 1. The van der Waals surface area contributed by atoms with E-state index in [-0.39, 0.29) is 29.7 Å². The molecule has 3 rings (SSSR count). The summed E-state index contributed by atoms with van der Waals surface area (Å²) in [5, 5.41) is 3.35. The van der Waals surface area contributed by atoms with Crippen LogP contribution in [0.4, 0.5) is 4.39 Å². The van der Waals surface area contributed by atoms with Gasteiger partial charge in [0.25, 0.3) is 0 Å². The molecule has 2 heterocycles. The van der Waals surface area contributed by atoms with Gasteiger partial charge in [0, 0.05) is 18.5 Å². The predicted molar refractivity (Wildman–Crippen MR) is 78.3 cm³/mol. The Morgan fingerprint density at radius 1 is 1.25 bits per heavy atom. The molecule has 1 N–H and O–H groups in total. The summed E-state index contributed by atoms with van der Waals surface area (Å²) in [6, 6.07) is 6.57. The second-order valence-corrected chi connectivity index (χ2v) is 5.58. The Morgan fingerprint density at radius 3 is 2.70 bits per heavy atom. The number of benzene rings is 1. The van der Waals surface area contributed by atoms with Gasteiger partial charge in [0.2, 0.25) is 5.91 Å². The second kappa shape index (κ2) is 6.10. The van der Waals surface area contributed by atoms with Gasteiger partial charge in [-0.2, -0.15) is 0 Å². The third-order valence-electron chi connectivity index (χ3n) is 4.44. The minimum absolute atomic E-state index is 0. The molecule has 2 fully saturated rings. The number of carbonyl (C=O) groups is 1. The van der Waals surface area contributed by atoms with Crippen molar-refractivity contribution >= 4 is 18.3 Å². The Labute approximate surface area is 124 Å². The minimum atomic E-state index is -0.233. The van der Waals surface area contributed by atoms with Crippen LogP contribution < -0.4 is 5.32 Å². The van der Waals surface area contributed by atoms with Gasteiger partial charge in [-0.1, -0.05) is 12.1 Å². The molecule has 5 heteroatoms. The van der Waals surface area contributed by atoms with E-state index in [1.54, 1.807) is 6.07 Å². The summed E-state index contributed by atoms with van der Waals surface area (Å²) in [6.07, 6.45) is 3.60. The van der Waals surface area contributed by atoms with E-state index >= 15 is 0 Å². The van der Waals surface area contributed by atoms with Crippen LogP contribution >= 0.6 is 12.4 Å². The number of amides is 1. The standard InChI is InChI=1S/C15H19FN2O.ClH/c16-13-3-1-2-12(10-13)11-18-14(19)4-5-15(18)6-8-17-9-7-15;/h1-3,10,17H,4-9,11H2;1H. The van der Waals surface area contributed by atoms with E-state index in [9.17, 15) is 9.18 Å². The Kier molecular flexibility index (Phi) is 4.66. The van der Waals surface area contributed by atoms with Crippen LogP contribution in [-0.4, -0.2) is 29.4 Å². The Bertz CT molecular complexity index is 489. The third kappa shape index (κ3) is 2.81.